The Morgan fingerprint density at radius 1 is 1.33 bits per heavy atom. The normalized spacial score (nSPS) is 20.8. The molecule has 1 heterocycles. The second-order valence-electron chi connectivity index (χ2n) is 5.59. The first-order valence-corrected chi connectivity index (χ1v) is 7.32. The molecular weight excluding hydrogens is 246 g/mol. The van der Waals surface area contributed by atoms with Crippen molar-refractivity contribution in [2.75, 3.05) is 19.6 Å². The lowest BCUT2D eigenvalue weighted by atomic mass is 9.99. The van der Waals surface area contributed by atoms with E-state index in [0.717, 1.165) is 44.7 Å². The zero-order chi connectivity index (χ0) is 13.1. The number of nitrogens with zero attached hydrogens (tertiary/aromatic N) is 2. The molecule has 2 amide bonds. The number of carbonyl (C=O) groups excluding carboxylic acids is 1. The van der Waals surface area contributed by atoms with E-state index in [2.05, 4.69) is 6.92 Å². The van der Waals surface area contributed by atoms with Crippen LogP contribution in [0.5, 0.6) is 0 Å². The quantitative estimate of drug-likeness (QED) is 0.794. The molecule has 0 atom stereocenters. The van der Waals surface area contributed by atoms with Crippen molar-refractivity contribution in [3.63, 3.8) is 0 Å². The zero-order valence-corrected chi connectivity index (χ0v) is 11.9. The summed E-state index contributed by atoms with van der Waals surface area (Å²) in [4.78, 5) is 16.9. The number of piperidine rings is 1. The van der Waals surface area contributed by atoms with Gasteiger partial charge >= 0.3 is 6.03 Å². The van der Waals surface area contributed by atoms with Crippen LogP contribution in [0, 0.1) is 5.92 Å². The fourth-order valence-electron chi connectivity index (χ4n) is 2.43. The van der Waals surface area contributed by atoms with Crippen LogP contribution in [-0.4, -0.2) is 46.5 Å². The summed E-state index contributed by atoms with van der Waals surface area (Å²) in [6, 6.07) is 0.631. The van der Waals surface area contributed by atoms with Gasteiger partial charge in [0.25, 0.3) is 0 Å². The fraction of sp³-hybridized carbons (Fsp3) is 0.846. The maximum Gasteiger partial charge on any atom is 0.320 e. The van der Waals surface area contributed by atoms with Crippen LogP contribution in [0.25, 0.3) is 0 Å². The minimum atomic E-state index is 0.195. The van der Waals surface area contributed by atoms with E-state index in [9.17, 15) is 4.79 Å². The highest BCUT2D eigenvalue weighted by Gasteiger charge is 2.35. The average molecular weight is 269 g/mol. The molecule has 0 bridgehead atoms. The highest BCUT2D eigenvalue weighted by molar-refractivity contribution is 7.80. The van der Waals surface area contributed by atoms with Crippen molar-refractivity contribution in [2.45, 2.75) is 45.1 Å². The number of amides is 2. The van der Waals surface area contributed by atoms with Crippen molar-refractivity contribution in [3.8, 4) is 0 Å². The molecule has 0 spiro atoms. The van der Waals surface area contributed by atoms with Crippen LogP contribution in [-0.2, 0) is 0 Å². The van der Waals surface area contributed by atoms with Crippen LogP contribution in [0.2, 0.25) is 0 Å². The summed E-state index contributed by atoms with van der Waals surface area (Å²) >= 11 is 4.91. The smallest absolute Gasteiger partial charge is 0.320 e. The summed E-state index contributed by atoms with van der Waals surface area (Å²) in [6.07, 6.45) is 5.15. The molecule has 102 valence electrons. The third kappa shape index (κ3) is 3.57. The van der Waals surface area contributed by atoms with E-state index in [0.29, 0.717) is 24.0 Å². The van der Waals surface area contributed by atoms with E-state index in [1.807, 2.05) is 9.80 Å². The van der Waals surface area contributed by atoms with E-state index in [4.69, 9.17) is 18.0 Å². The Balaban J connectivity index is 1.89. The van der Waals surface area contributed by atoms with E-state index in [1.54, 1.807) is 0 Å². The molecule has 0 unspecified atom stereocenters. The Labute approximate surface area is 114 Å². The van der Waals surface area contributed by atoms with E-state index >= 15 is 0 Å². The van der Waals surface area contributed by atoms with Gasteiger partial charge in [-0.2, -0.15) is 0 Å². The van der Waals surface area contributed by atoms with Gasteiger partial charge in [0.15, 0.2) is 0 Å². The van der Waals surface area contributed by atoms with Gasteiger partial charge in [-0.3, -0.25) is 0 Å². The molecule has 18 heavy (non-hydrogen) atoms. The highest BCUT2D eigenvalue weighted by atomic mass is 32.1. The number of nitrogens with two attached hydrogens (primary N) is 1. The second-order valence-corrected chi connectivity index (χ2v) is 6.12. The molecule has 1 aliphatic carbocycles. The number of carbonyl (C=O) groups is 1. The van der Waals surface area contributed by atoms with Gasteiger partial charge in [-0.05, 0) is 31.6 Å². The Kier molecular flexibility index (Phi) is 4.43. The predicted molar refractivity (Wildman–Crippen MR) is 76.5 cm³/mol. The van der Waals surface area contributed by atoms with E-state index in [1.165, 1.54) is 0 Å². The third-order valence-electron chi connectivity index (χ3n) is 3.89. The average Bonchev–Trinajstić information content (AvgIpc) is 3.14. The molecule has 2 N–H and O–H groups in total. The summed E-state index contributed by atoms with van der Waals surface area (Å²) in [7, 11) is 0. The number of hydrogen-bond donors (Lipinski definition) is 1. The van der Waals surface area contributed by atoms with Gasteiger partial charge in [0, 0.05) is 32.1 Å². The molecule has 0 aromatic carbocycles. The van der Waals surface area contributed by atoms with Gasteiger partial charge in [0.1, 0.15) is 0 Å². The monoisotopic (exact) mass is 269 g/mol. The first-order valence-electron chi connectivity index (χ1n) is 6.91. The number of thiocarbonyl (C=S) groups is 1. The van der Waals surface area contributed by atoms with Gasteiger partial charge in [-0.1, -0.05) is 19.1 Å². The number of rotatable bonds is 4. The summed E-state index contributed by atoms with van der Waals surface area (Å²) in [6.45, 7) is 4.74. The van der Waals surface area contributed by atoms with Crippen molar-refractivity contribution >= 4 is 23.2 Å². The zero-order valence-electron chi connectivity index (χ0n) is 11.1. The largest absolute Gasteiger partial charge is 0.393 e. The molecule has 0 aromatic rings. The van der Waals surface area contributed by atoms with Gasteiger partial charge < -0.3 is 15.5 Å². The van der Waals surface area contributed by atoms with Crippen LogP contribution in [0.4, 0.5) is 4.79 Å². The number of urea groups is 1. The van der Waals surface area contributed by atoms with Crippen LogP contribution in [0.3, 0.4) is 0 Å². The van der Waals surface area contributed by atoms with Gasteiger partial charge in [0.05, 0.1) is 4.99 Å². The van der Waals surface area contributed by atoms with Crippen LogP contribution in [0.15, 0.2) is 0 Å². The van der Waals surface area contributed by atoms with Crippen LogP contribution >= 0.6 is 12.2 Å². The number of likely N-dealkylation sites (tertiary alicyclic amines) is 1. The van der Waals surface area contributed by atoms with Gasteiger partial charge in [0.2, 0.25) is 0 Å². The molecule has 1 saturated carbocycles. The molecule has 2 fully saturated rings. The third-order valence-corrected chi connectivity index (χ3v) is 4.09. The lowest BCUT2D eigenvalue weighted by molar-refractivity contribution is 0.133. The minimum absolute atomic E-state index is 0.195. The molecule has 2 aliphatic rings. The molecular formula is C13H23N3OS. The summed E-state index contributed by atoms with van der Waals surface area (Å²) in [5, 5.41) is 0. The summed E-state index contributed by atoms with van der Waals surface area (Å²) in [5.41, 5.74) is 5.54. The lowest BCUT2D eigenvalue weighted by Gasteiger charge is -2.35. The van der Waals surface area contributed by atoms with Crippen LogP contribution in [0.1, 0.15) is 39.0 Å². The Hall–Kier alpha value is -0.840. The summed E-state index contributed by atoms with van der Waals surface area (Å²) < 4.78 is 0. The van der Waals surface area contributed by atoms with E-state index < -0.39 is 0 Å². The molecule has 1 aliphatic heterocycles. The standard InChI is InChI=1S/C13H23N3OS/c1-10-4-7-15(8-5-10)13(17)16(11-2-3-11)9-6-12(14)18/h10-11H,2-9H2,1H3,(H2,14,18). The Morgan fingerprint density at radius 3 is 2.44 bits per heavy atom. The lowest BCUT2D eigenvalue weighted by Crippen LogP contribution is -2.48. The Morgan fingerprint density at radius 2 is 1.94 bits per heavy atom. The van der Waals surface area contributed by atoms with Crippen molar-refractivity contribution in [1.29, 1.82) is 0 Å². The van der Waals surface area contributed by atoms with Crippen LogP contribution < -0.4 is 5.73 Å². The molecule has 0 radical (unpaired) electrons. The van der Waals surface area contributed by atoms with Crippen molar-refractivity contribution in [3.05, 3.63) is 0 Å². The van der Waals surface area contributed by atoms with E-state index in [-0.39, 0.29) is 6.03 Å². The second kappa shape index (κ2) is 5.87. The number of hydrogen-bond acceptors (Lipinski definition) is 2. The first kappa shape index (κ1) is 13.6. The summed E-state index contributed by atoms with van der Waals surface area (Å²) in [5.74, 6) is 0.750. The van der Waals surface area contributed by atoms with Crippen molar-refractivity contribution in [1.82, 2.24) is 9.80 Å². The maximum absolute atomic E-state index is 12.5. The Bertz CT molecular complexity index is 322. The molecule has 0 aromatic heterocycles. The van der Waals surface area contributed by atoms with Gasteiger partial charge in [-0.15, -0.1) is 0 Å². The highest BCUT2D eigenvalue weighted by Crippen LogP contribution is 2.29. The fourth-order valence-corrected chi connectivity index (χ4v) is 2.52. The van der Waals surface area contributed by atoms with Crippen molar-refractivity contribution in [2.24, 2.45) is 11.7 Å². The first-order chi connectivity index (χ1) is 8.58. The maximum atomic E-state index is 12.5. The minimum Gasteiger partial charge on any atom is -0.393 e. The molecule has 5 heteroatoms. The molecule has 1 saturated heterocycles. The topological polar surface area (TPSA) is 49.6 Å². The predicted octanol–water partition coefficient (Wildman–Crippen LogP) is 1.98. The van der Waals surface area contributed by atoms with Crippen molar-refractivity contribution < 1.29 is 4.79 Å². The molecule has 4 nitrogen and oxygen atoms in total. The molecule has 2 rings (SSSR count). The SMILES string of the molecule is CC1CCN(C(=O)N(CCC(N)=S)C2CC2)CC1. The van der Waals surface area contributed by atoms with Gasteiger partial charge in [-0.25, -0.2) is 4.79 Å².